The van der Waals surface area contributed by atoms with Crippen LogP contribution in [-0.4, -0.2) is 51.5 Å². The van der Waals surface area contributed by atoms with Crippen LogP contribution in [0, 0.1) is 12.8 Å². The number of nitrogens with one attached hydrogen (secondary N) is 1. The second-order valence-corrected chi connectivity index (χ2v) is 11.2. The molecule has 1 aliphatic heterocycles. The van der Waals surface area contributed by atoms with Gasteiger partial charge in [0.1, 0.15) is 5.82 Å². The first-order valence-corrected chi connectivity index (χ1v) is 13.6. The molecule has 2 heterocycles. The lowest BCUT2D eigenvalue weighted by atomic mass is 9.82. The molecule has 32 heavy (non-hydrogen) atoms. The van der Waals surface area contributed by atoms with Crippen LogP contribution in [0.3, 0.4) is 0 Å². The molecule has 1 N–H and O–H groups in total. The third-order valence-electron chi connectivity index (χ3n) is 6.82. The third kappa shape index (κ3) is 6.30. The second kappa shape index (κ2) is 10.3. The molecular formula is C25H35N3O3S. The molecule has 2 aromatic rings. The molecule has 0 amide bonds. The maximum absolute atomic E-state index is 11.9. The van der Waals surface area contributed by atoms with E-state index in [0.717, 1.165) is 51.0 Å². The summed E-state index contributed by atoms with van der Waals surface area (Å²) >= 11 is 0. The number of aromatic nitrogens is 1. The number of anilines is 1. The highest BCUT2D eigenvalue weighted by Crippen LogP contribution is 2.34. The molecule has 1 aliphatic carbocycles. The summed E-state index contributed by atoms with van der Waals surface area (Å²) in [4.78, 5) is 6.79. The molecule has 174 valence electrons. The van der Waals surface area contributed by atoms with Crippen LogP contribution in [0.2, 0.25) is 0 Å². The van der Waals surface area contributed by atoms with Crippen LogP contribution in [0.15, 0.2) is 48.7 Å². The molecule has 2 fully saturated rings. The molecule has 1 aromatic heterocycles. The van der Waals surface area contributed by atoms with Crippen LogP contribution >= 0.6 is 0 Å². The van der Waals surface area contributed by atoms with Gasteiger partial charge in [0.25, 0.3) is 0 Å². The Morgan fingerprint density at radius 2 is 1.84 bits per heavy atom. The van der Waals surface area contributed by atoms with Crippen molar-refractivity contribution in [3.05, 3.63) is 59.8 Å². The SMILES string of the molecule is Cc1ccnc(N2CC[C@H](NS(C)(=O)=O)[C@H](COC3CCC(c4ccccc4)CC3)C2)c1. The first-order chi connectivity index (χ1) is 15.4. The van der Waals surface area contributed by atoms with Crippen LogP contribution in [0.4, 0.5) is 5.82 Å². The summed E-state index contributed by atoms with van der Waals surface area (Å²) in [6.45, 7) is 4.15. The Bertz CT molecular complexity index is 975. The Morgan fingerprint density at radius 3 is 2.53 bits per heavy atom. The van der Waals surface area contributed by atoms with Gasteiger partial charge in [-0.2, -0.15) is 0 Å². The van der Waals surface area contributed by atoms with Gasteiger partial charge in [0.15, 0.2) is 0 Å². The molecule has 1 saturated heterocycles. The quantitative estimate of drug-likeness (QED) is 0.683. The van der Waals surface area contributed by atoms with E-state index in [0.29, 0.717) is 12.5 Å². The van der Waals surface area contributed by atoms with E-state index in [4.69, 9.17) is 4.74 Å². The molecule has 1 aromatic carbocycles. The topological polar surface area (TPSA) is 71.5 Å². The van der Waals surface area contributed by atoms with Crippen LogP contribution in [0.1, 0.15) is 49.1 Å². The fourth-order valence-corrected chi connectivity index (χ4v) is 5.94. The zero-order valence-electron chi connectivity index (χ0n) is 19.1. The van der Waals surface area contributed by atoms with Crippen molar-refractivity contribution < 1.29 is 13.2 Å². The number of aryl methyl sites for hydroxylation is 1. The van der Waals surface area contributed by atoms with Gasteiger partial charge in [0.05, 0.1) is 19.0 Å². The molecule has 0 bridgehead atoms. The van der Waals surface area contributed by atoms with E-state index in [1.165, 1.54) is 17.4 Å². The van der Waals surface area contributed by atoms with Crippen molar-refractivity contribution >= 4 is 15.8 Å². The van der Waals surface area contributed by atoms with Gasteiger partial charge in [-0.15, -0.1) is 0 Å². The molecule has 1 saturated carbocycles. The van der Waals surface area contributed by atoms with E-state index in [1.54, 1.807) is 0 Å². The summed E-state index contributed by atoms with van der Waals surface area (Å²) in [6.07, 6.45) is 8.47. The number of nitrogens with zero attached hydrogens (tertiary/aromatic N) is 2. The van der Waals surface area contributed by atoms with E-state index < -0.39 is 10.0 Å². The predicted octanol–water partition coefficient (Wildman–Crippen LogP) is 3.88. The van der Waals surface area contributed by atoms with E-state index >= 15 is 0 Å². The summed E-state index contributed by atoms with van der Waals surface area (Å²) in [7, 11) is -3.27. The lowest BCUT2D eigenvalue weighted by molar-refractivity contribution is -0.00213. The Kier molecular flexibility index (Phi) is 7.48. The Balaban J connectivity index is 1.36. The minimum Gasteiger partial charge on any atom is -0.378 e. The number of pyridine rings is 1. The molecule has 2 aliphatic rings. The lowest BCUT2D eigenvalue weighted by Crippen LogP contribution is -2.52. The predicted molar refractivity (Wildman–Crippen MR) is 128 cm³/mol. The summed E-state index contributed by atoms with van der Waals surface area (Å²) in [5.41, 5.74) is 2.60. The van der Waals surface area contributed by atoms with E-state index in [-0.39, 0.29) is 18.1 Å². The largest absolute Gasteiger partial charge is 0.378 e. The number of hydrogen-bond acceptors (Lipinski definition) is 5. The van der Waals surface area contributed by atoms with Crippen molar-refractivity contribution in [2.45, 2.75) is 57.1 Å². The minimum atomic E-state index is -3.27. The average Bonchev–Trinajstić information content (AvgIpc) is 2.78. The molecule has 2 atom stereocenters. The molecule has 7 heteroatoms. The first-order valence-electron chi connectivity index (χ1n) is 11.7. The standard InChI is InChI=1S/C25H35N3O3S/c1-19-12-14-26-25(16-19)28-15-13-24(27-32(2,29)30)22(17-28)18-31-23-10-8-21(9-11-23)20-6-4-3-5-7-20/h3-7,12,14,16,21-24,27H,8-11,13,15,17-18H2,1-2H3/t21?,22-,23?,24-/m0/s1. The van der Waals surface area contributed by atoms with Crippen molar-refractivity contribution in [1.82, 2.24) is 9.71 Å². The van der Waals surface area contributed by atoms with Gasteiger partial charge in [-0.05, 0) is 68.2 Å². The number of sulfonamides is 1. The van der Waals surface area contributed by atoms with Gasteiger partial charge in [0, 0.05) is 31.2 Å². The summed E-state index contributed by atoms with van der Waals surface area (Å²) in [5.74, 6) is 1.66. The summed E-state index contributed by atoms with van der Waals surface area (Å²) < 4.78 is 33.1. The zero-order valence-corrected chi connectivity index (χ0v) is 19.9. The highest BCUT2D eigenvalue weighted by molar-refractivity contribution is 7.88. The van der Waals surface area contributed by atoms with Crippen LogP contribution in [0.5, 0.6) is 0 Å². The number of rotatable bonds is 7. The van der Waals surface area contributed by atoms with Crippen molar-refractivity contribution in [1.29, 1.82) is 0 Å². The van der Waals surface area contributed by atoms with Crippen molar-refractivity contribution in [2.75, 3.05) is 30.9 Å². The van der Waals surface area contributed by atoms with E-state index in [2.05, 4.69) is 57.9 Å². The van der Waals surface area contributed by atoms with Crippen molar-refractivity contribution in [3.8, 4) is 0 Å². The second-order valence-electron chi connectivity index (χ2n) is 9.40. The zero-order chi connectivity index (χ0) is 22.6. The van der Waals surface area contributed by atoms with E-state index in [9.17, 15) is 8.42 Å². The van der Waals surface area contributed by atoms with Crippen LogP contribution in [-0.2, 0) is 14.8 Å². The van der Waals surface area contributed by atoms with Gasteiger partial charge >= 0.3 is 0 Å². The minimum absolute atomic E-state index is 0.0904. The first kappa shape index (κ1) is 23.2. The normalized spacial score (nSPS) is 26.8. The maximum atomic E-state index is 11.9. The number of benzene rings is 1. The monoisotopic (exact) mass is 457 g/mol. The molecule has 0 unspecified atom stereocenters. The highest BCUT2D eigenvalue weighted by atomic mass is 32.2. The molecule has 0 spiro atoms. The number of piperidine rings is 1. The van der Waals surface area contributed by atoms with Crippen LogP contribution < -0.4 is 9.62 Å². The molecule has 0 radical (unpaired) electrons. The van der Waals surface area contributed by atoms with Crippen LogP contribution in [0.25, 0.3) is 0 Å². The molecule has 6 nitrogen and oxygen atoms in total. The van der Waals surface area contributed by atoms with Gasteiger partial charge in [-0.1, -0.05) is 30.3 Å². The third-order valence-corrected chi connectivity index (χ3v) is 7.55. The van der Waals surface area contributed by atoms with Gasteiger partial charge < -0.3 is 9.64 Å². The van der Waals surface area contributed by atoms with Gasteiger partial charge in [-0.3, -0.25) is 0 Å². The smallest absolute Gasteiger partial charge is 0.208 e. The maximum Gasteiger partial charge on any atom is 0.208 e. The molecule has 4 rings (SSSR count). The average molecular weight is 458 g/mol. The van der Waals surface area contributed by atoms with Gasteiger partial charge in [-0.25, -0.2) is 18.1 Å². The summed E-state index contributed by atoms with van der Waals surface area (Å²) in [5, 5.41) is 0. The highest BCUT2D eigenvalue weighted by Gasteiger charge is 2.33. The van der Waals surface area contributed by atoms with Crippen molar-refractivity contribution in [2.24, 2.45) is 5.92 Å². The fourth-order valence-electron chi connectivity index (χ4n) is 5.08. The molecular weight excluding hydrogens is 422 g/mol. The number of hydrogen-bond donors (Lipinski definition) is 1. The fraction of sp³-hybridized carbons (Fsp3) is 0.560. The van der Waals surface area contributed by atoms with Crippen molar-refractivity contribution in [3.63, 3.8) is 0 Å². The van der Waals surface area contributed by atoms with E-state index in [1.807, 2.05) is 12.3 Å². The Hall–Kier alpha value is -1.96. The van der Waals surface area contributed by atoms with Gasteiger partial charge in [0.2, 0.25) is 10.0 Å². The number of ether oxygens (including phenoxy) is 1. The lowest BCUT2D eigenvalue weighted by Gasteiger charge is -2.40. The summed E-state index contributed by atoms with van der Waals surface area (Å²) in [6, 6.07) is 14.7. The Morgan fingerprint density at radius 1 is 1.09 bits per heavy atom. The Labute approximate surface area is 192 Å².